The smallest absolute Gasteiger partial charge is 0.292 e. The highest BCUT2D eigenvalue weighted by Crippen LogP contribution is 2.43. The second-order valence-electron chi connectivity index (χ2n) is 8.54. The lowest BCUT2D eigenvalue weighted by Gasteiger charge is -2.50. The van der Waals surface area contributed by atoms with Crippen LogP contribution in [0.4, 0.5) is 8.78 Å². The minimum Gasteiger partial charge on any atom is -0.292 e. The summed E-state index contributed by atoms with van der Waals surface area (Å²) in [5.74, 6) is -0.722. The number of amides is 1. The van der Waals surface area contributed by atoms with Gasteiger partial charge in [0, 0.05) is 31.7 Å². The average molecular weight is 494 g/mol. The van der Waals surface area contributed by atoms with Gasteiger partial charge >= 0.3 is 6.05 Å². The molecule has 1 aromatic rings. The van der Waals surface area contributed by atoms with E-state index in [0.29, 0.717) is 19.3 Å². The summed E-state index contributed by atoms with van der Waals surface area (Å²) in [5, 5.41) is 2.02. The van der Waals surface area contributed by atoms with Gasteiger partial charge in [0.15, 0.2) is 0 Å². The summed E-state index contributed by atoms with van der Waals surface area (Å²) in [6, 6.07) is 4.61. The summed E-state index contributed by atoms with van der Waals surface area (Å²) in [6.45, 7) is 2.68. The van der Waals surface area contributed by atoms with Crippen molar-refractivity contribution in [1.82, 2.24) is 14.5 Å². The van der Waals surface area contributed by atoms with E-state index in [4.69, 9.17) is 0 Å². The summed E-state index contributed by atoms with van der Waals surface area (Å²) in [7, 11) is -3.36. The summed E-state index contributed by atoms with van der Waals surface area (Å²) in [6.07, 6.45) is 4.16. The van der Waals surface area contributed by atoms with Crippen LogP contribution in [0.15, 0.2) is 30.3 Å². The van der Waals surface area contributed by atoms with Gasteiger partial charge in [-0.15, -0.1) is 12.4 Å². The number of nitrogens with zero attached hydrogens (tertiary/aromatic N) is 2. The Hall–Kier alpha value is -1.29. The minimum atomic E-state index is -3.44. The lowest BCUT2D eigenvalue weighted by Crippen LogP contribution is -2.69. The van der Waals surface area contributed by atoms with Crippen LogP contribution in [0, 0.1) is 0 Å². The van der Waals surface area contributed by atoms with Gasteiger partial charge in [-0.1, -0.05) is 50.8 Å². The third-order valence-corrected chi connectivity index (χ3v) is 8.60. The van der Waals surface area contributed by atoms with Crippen LogP contribution < -0.4 is 5.32 Å². The second kappa shape index (κ2) is 11.2. The molecule has 1 N–H and O–H groups in total. The minimum absolute atomic E-state index is 0. The van der Waals surface area contributed by atoms with Gasteiger partial charge in [-0.2, -0.15) is 13.1 Å². The molecular formula is C22H34ClF2N3O3S. The standard InChI is InChI=1S/C22H33F2N3O3S.ClH/c1-2-18-31(29,30)27-16-14-26(15-17-27)21(12-8-3-4-9-13-21)22(23,24)25-20(28)19-10-6-5-7-11-19;/h5-7,10-11H,2-4,8-9,12-18H2,1H3,(H,25,28);1H. The molecule has 0 bridgehead atoms. The van der Waals surface area contributed by atoms with Crippen molar-refractivity contribution in [3.8, 4) is 0 Å². The first-order chi connectivity index (χ1) is 14.7. The zero-order valence-corrected chi connectivity index (χ0v) is 20.2. The molecule has 1 saturated carbocycles. The Morgan fingerprint density at radius 3 is 2.12 bits per heavy atom. The first-order valence-corrected chi connectivity index (χ1v) is 12.8. The van der Waals surface area contributed by atoms with E-state index in [1.807, 2.05) is 12.2 Å². The van der Waals surface area contributed by atoms with Gasteiger partial charge in [0.05, 0.1) is 5.75 Å². The molecule has 32 heavy (non-hydrogen) atoms. The highest BCUT2D eigenvalue weighted by molar-refractivity contribution is 7.89. The molecule has 6 nitrogen and oxygen atoms in total. The molecule has 1 aromatic carbocycles. The van der Waals surface area contributed by atoms with Gasteiger partial charge in [-0.05, 0) is 31.4 Å². The predicted molar refractivity (Wildman–Crippen MR) is 124 cm³/mol. The van der Waals surface area contributed by atoms with E-state index in [2.05, 4.69) is 0 Å². The molecule has 0 unspecified atom stereocenters. The summed E-state index contributed by atoms with van der Waals surface area (Å²) < 4.78 is 57.8. The zero-order chi connectivity index (χ0) is 22.5. The number of rotatable bonds is 7. The molecule has 3 rings (SSSR count). The number of benzene rings is 1. The van der Waals surface area contributed by atoms with Gasteiger partial charge in [0.2, 0.25) is 10.0 Å². The molecule has 182 valence electrons. The van der Waals surface area contributed by atoms with Gasteiger partial charge < -0.3 is 0 Å². The van der Waals surface area contributed by atoms with E-state index in [9.17, 15) is 13.2 Å². The fourth-order valence-corrected chi connectivity index (χ4v) is 6.34. The lowest BCUT2D eigenvalue weighted by molar-refractivity contribution is -0.171. The van der Waals surface area contributed by atoms with Crippen LogP contribution >= 0.6 is 12.4 Å². The van der Waals surface area contributed by atoms with Crippen molar-refractivity contribution in [2.75, 3.05) is 31.9 Å². The van der Waals surface area contributed by atoms with Crippen molar-refractivity contribution < 1.29 is 22.0 Å². The van der Waals surface area contributed by atoms with Crippen LogP contribution in [0.2, 0.25) is 0 Å². The number of alkyl halides is 2. The van der Waals surface area contributed by atoms with E-state index < -0.39 is 27.5 Å². The van der Waals surface area contributed by atoms with E-state index in [0.717, 1.165) is 12.8 Å². The summed E-state index contributed by atoms with van der Waals surface area (Å²) in [5.41, 5.74) is -1.31. The Labute approximate surface area is 196 Å². The van der Waals surface area contributed by atoms with Crippen molar-refractivity contribution in [3.05, 3.63) is 35.9 Å². The number of carbonyl (C=O) groups is 1. The molecule has 1 saturated heterocycles. The normalized spacial score (nSPS) is 20.7. The van der Waals surface area contributed by atoms with Crippen LogP contribution in [0.3, 0.4) is 0 Å². The van der Waals surface area contributed by atoms with Crippen LogP contribution in [0.5, 0.6) is 0 Å². The van der Waals surface area contributed by atoms with Crippen LogP contribution in [-0.4, -0.2) is 67.0 Å². The summed E-state index contributed by atoms with van der Waals surface area (Å²) >= 11 is 0. The van der Waals surface area contributed by atoms with Crippen LogP contribution in [0.1, 0.15) is 62.2 Å². The Morgan fingerprint density at radius 1 is 1.03 bits per heavy atom. The van der Waals surface area contributed by atoms with Gasteiger partial charge in [0.25, 0.3) is 5.91 Å². The molecular weight excluding hydrogens is 460 g/mol. The van der Waals surface area contributed by atoms with Crippen LogP contribution in [0.25, 0.3) is 0 Å². The maximum absolute atomic E-state index is 15.8. The number of nitrogens with one attached hydrogen (secondary N) is 1. The molecule has 1 heterocycles. The average Bonchev–Trinajstić information content (AvgIpc) is 3.02. The highest BCUT2D eigenvalue weighted by Gasteiger charge is 2.58. The molecule has 2 fully saturated rings. The Morgan fingerprint density at radius 2 is 1.59 bits per heavy atom. The predicted octanol–water partition coefficient (Wildman–Crippen LogP) is 3.88. The third kappa shape index (κ3) is 5.79. The Bertz CT molecular complexity index is 839. The number of sulfonamides is 1. The largest absolute Gasteiger partial charge is 0.343 e. The molecule has 0 aromatic heterocycles. The van der Waals surface area contributed by atoms with Gasteiger partial charge in [0.1, 0.15) is 5.54 Å². The molecule has 1 aliphatic carbocycles. The first kappa shape index (κ1) is 27.0. The fourth-order valence-electron chi connectivity index (χ4n) is 4.84. The lowest BCUT2D eigenvalue weighted by atomic mass is 9.84. The molecule has 0 atom stereocenters. The van der Waals surface area contributed by atoms with Crippen LogP contribution in [-0.2, 0) is 10.0 Å². The molecule has 1 aliphatic heterocycles. The third-order valence-electron chi connectivity index (χ3n) is 6.52. The number of hydrogen-bond acceptors (Lipinski definition) is 4. The van der Waals surface area contributed by atoms with Crippen molar-refractivity contribution >= 4 is 28.3 Å². The quantitative estimate of drug-likeness (QED) is 0.462. The number of piperazine rings is 1. The molecule has 0 spiro atoms. The Kier molecular flexibility index (Phi) is 9.46. The topological polar surface area (TPSA) is 69.7 Å². The van der Waals surface area contributed by atoms with E-state index in [1.165, 1.54) is 16.4 Å². The number of halogens is 3. The summed E-state index contributed by atoms with van der Waals surface area (Å²) in [4.78, 5) is 14.3. The second-order valence-corrected chi connectivity index (χ2v) is 10.6. The van der Waals surface area contributed by atoms with E-state index in [1.54, 1.807) is 23.1 Å². The maximum Gasteiger partial charge on any atom is 0.343 e. The fraction of sp³-hybridized carbons (Fsp3) is 0.682. The van der Waals surface area contributed by atoms with E-state index in [-0.39, 0.29) is 62.7 Å². The van der Waals surface area contributed by atoms with Gasteiger partial charge in [-0.25, -0.2) is 8.42 Å². The highest BCUT2D eigenvalue weighted by atomic mass is 35.5. The van der Waals surface area contributed by atoms with E-state index >= 15 is 8.78 Å². The molecule has 10 heteroatoms. The maximum atomic E-state index is 15.8. The molecule has 0 radical (unpaired) electrons. The van der Waals surface area contributed by atoms with Crippen molar-refractivity contribution in [2.24, 2.45) is 0 Å². The Balaban J connectivity index is 0.00000363. The van der Waals surface area contributed by atoms with Crippen molar-refractivity contribution in [2.45, 2.75) is 63.5 Å². The monoisotopic (exact) mass is 493 g/mol. The number of hydrogen-bond donors (Lipinski definition) is 1. The van der Waals surface area contributed by atoms with Crippen molar-refractivity contribution in [1.29, 1.82) is 0 Å². The number of carbonyl (C=O) groups excluding carboxylic acids is 1. The molecule has 2 aliphatic rings. The zero-order valence-electron chi connectivity index (χ0n) is 18.6. The van der Waals surface area contributed by atoms with Gasteiger partial charge in [-0.3, -0.25) is 15.0 Å². The first-order valence-electron chi connectivity index (χ1n) is 11.2. The van der Waals surface area contributed by atoms with Crippen molar-refractivity contribution in [3.63, 3.8) is 0 Å². The SMILES string of the molecule is CCCS(=O)(=O)N1CCN(C2(C(F)(F)NC(=O)c3ccccc3)CCCCCC2)CC1.Cl. The molecule has 1 amide bonds.